The molecule has 132 valence electrons. The van der Waals surface area contributed by atoms with Gasteiger partial charge in [0.15, 0.2) is 0 Å². The predicted octanol–water partition coefficient (Wildman–Crippen LogP) is 3.13. The van der Waals surface area contributed by atoms with Gasteiger partial charge in [0.2, 0.25) is 0 Å². The molecule has 0 bridgehead atoms. The van der Waals surface area contributed by atoms with Crippen LogP contribution >= 0.6 is 0 Å². The smallest absolute Gasteiger partial charge is 0.317 e. The zero-order valence-electron chi connectivity index (χ0n) is 15.0. The molecule has 1 aliphatic carbocycles. The van der Waals surface area contributed by atoms with Crippen LogP contribution in [0.25, 0.3) is 0 Å². The minimum absolute atomic E-state index is 0.0273. The number of benzene rings is 1. The van der Waals surface area contributed by atoms with Gasteiger partial charge in [0.25, 0.3) is 0 Å². The fraction of sp³-hybridized carbons (Fsp3) is 0.450. The predicted molar refractivity (Wildman–Crippen MR) is 96.4 cm³/mol. The molecule has 0 spiro atoms. The largest absolute Gasteiger partial charge is 0.465 e. The van der Waals surface area contributed by atoms with Crippen molar-refractivity contribution in [2.75, 3.05) is 27.2 Å². The number of amides is 2. The Kier molecular flexibility index (Phi) is 4.04. The second-order valence-electron chi connectivity index (χ2n) is 7.43. The molecule has 1 aliphatic heterocycles. The van der Waals surface area contributed by atoms with Gasteiger partial charge >= 0.3 is 6.03 Å². The normalized spacial score (nSPS) is 24.8. The lowest BCUT2D eigenvalue weighted by Crippen LogP contribution is -2.39. The van der Waals surface area contributed by atoms with Crippen molar-refractivity contribution in [3.8, 4) is 0 Å². The monoisotopic (exact) mass is 339 g/mol. The van der Waals surface area contributed by atoms with E-state index in [4.69, 9.17) is 4.42 Å². The van der Waals surface area contributed by atoms with Gasteiger partial charge in [0.05, 0.1) is 12.6 Å². The molecule has 2 heterocycles. The highest BCUT2D eigenvalue weighted by Gasteiger charge is 2.46. The molecule has 5 heteroatoms. The molecule has 25 heavy (non-hydrogen) atoms. The van der Waals surface area contributed by atoms with Crippen LogP contribution in [0.1, 0.15) is 34.6 Å². The minimum Gasteiger partial charge on any atom is -0.465 e. The summed E-state index contributed by atoms with van der Waals surface area (Å²) in [6, 6.07) is 12.7. The van der Waals surface area contributed by atoms with Crippen LogP contribution in [0.2, 0.25) is 0 Å². The van der Waals surface area contributed by atoms with Gasteiger partial charge in [0.1, 0.15) is 11.5 Å². The lowest BCUT2D eigenvalue weighted by atomic mass is 9.94. The highest BCUT2D eigenvalue weighted by molar-refractivity contribution is 5.74. The second-order valence-corrected chi connectivity index (χ2v) is 7.43. The summed E-state index contributed by atoms with van der Waals surface area (Å²) in [6.45, 7) is 4.79. The number of nitrogens with one attached hydrogen (secondary N) is 1. The fourth-order valence-corrected chi connectivity index (χ4v) is 4.31. The minimum atomic E-state index is -0.0273. The first kappa shape index (κ1) is 16.2. The van der Waals surface area contributed by atoms with Crippen LogP contribution in [0.5, 0.6) is 0 Å². The van der Waals surface area contributed by atoms with E-state index in [-0.39, 0.29) is 12.1 Å². The maximum atomic E-state index is 12.3. The molecule has 0 unspecified atom stereocenters. The molecule has 2 aromatic rings. The van der Waals surface area contributed by atoms with Crippen LogP contribution in [0.15, 0.2) is 40.8 Å². The summed E-state index contributed by atoms with van der Waals surface area (Å²) < 4.78 is 5.74. The van der Waals surface area contributed by atoms with Crippen LogP contribution in [0.3, 0.4) is 0 Å². The molecular weight excluding hydrogens is 314 g/mol. The van der Waals surface area contributed by atoms with Gasteiger partial charge in [-0.15, -0.1) is 0 Å². The Morgan fingerprint density at radius 1 is 1.20 bits per heavy atom. The quantitative estimate of drug-likeness (QED) is 0.935. The molecule has 1 aromatic carbocycles. The third-order valence-electron chi connectivity index (χ3n) is 5.46. The maximum absolute atomic E-state index is 12.3. The average molecular weight is 339 g/mol. The molecule has 3 atom stereocenters. The SMILES string of the molecule is Cc1ccc(CN2C[C@H]3[C@@H](C2)c2ccccc2[C@@H]3NC(=O)N(C)C)o1. The molecule has 2 aliphatic rings. The number of carbonyl (C=O) groups excluding carboxylic acids is 1. The van der Waals surface area contributed by atoms with Crippen molar-refractivity contribution in [2.24, 2.45) is 5.92 Å². The Morgan fingerprint density at radius 3 is 2.64 bits per heavy atom. The Balaban J connectivity index is 1.56. The van der Waals surface area contributed by atoms with Crippen LogP contribution in [-0.4, -0.2) is 43.0 Å². The maximum Gasteiger partial charge on any atom is 0.317 e. The van der Waals surface area contributed by atoms with Crippen LogP contribution in [0, 0.1) is 12.8 Å². The first-order valence-corrected chi connectivity index (χ1v) is 8.87. The van der Waals surface area contributed by atoms with Crippen molar-refractivity contribution in [3.05, 3.63) is 59.0 Å². The van der Waals surface area contributed by atoms with Crippen LogP contribution < -0.4 is 5.32 Å². The van der Waals surface area contributed by atoms with Gasteiger partial charge in [-0.1, -0.05) is 24.3 Å². The molecule has 1 N–H and O–H groups in total. The highest BCUT2D eigenvalue weighted by atomic mass is 16.3. The Hall–Kier alpha value is -2.27. The summed E-state index contributed by atoms with van der Waals surface area (Å²) in [5.74, 6) is 2.85. The molecule has 1 saturated heterocycles. The van der Waals surface area contributed by atoms with Crippen molar-refractivity contribution in [1.82, 2.24) is 15.1 Å². The van der Waals surface area contributed by atoms with Crippen molar-refractivity contribution in [2.45, 2.75) is 25.4 Å². The fourth-order valence-electron chi connectivity index (χ4n) is 4.31. The van der Waals surface area contributed by atoms with Gasteiger partial charge < -0.3 is 14.6 Å². The lowest BCUT2D eigenvalue weighted by Gasteiger charge is -2.24. The Labute approximate surface area is 148 Å². The lowest BCUT2D eigenvalue weighted by molar-refractivity contribution is 0.206. The van der Waals surface area contributed by atoms with Crippen LogP contribution in [0.4, 0.5) is 4.79 Å². The van der Waals surface area contributed by atoms with E-state index in [0.29, 0.717) is 11.8 Å². The summed E-state index contributed by atoms with van der Waals surface area (Å²) >= 11 is 0. The van der Waals surface area contributed by atoms with Crippen molar-refractivity contribution < 1.29 is 9.21 Å². The topological polar surface area (TPSA) is 48.7 Å². The molecule has 0 radical (unpaired) electrons. The summed E-state index contributed by atoms with van der Waals surface area (Å²) in [6.07, 6.45) is 0. The molecule has 4 rings (SSSR count). The average Bonchev–Trinajstić information content (AvgIpc) is 3.24. The van der Waals surface area contributed by atoms with E-state index in [1.807, 2.05) is 13.0 Å². The molecule has 2 amide bonds. The van der Waals surface area contributed by atoms with Gasteiger partial charge in [-0.05, 0) is 30.2 Å². The molecule has 1 aromatic heterocycles. The van der Waals surface area contributed by atoms with Crippen molar-refractivity contribution in [1.29, 1.82) is 0 Å². The summed E-state index contributed by atoms with van der Waals surface area (Å²) in [5, 5.41) is 3.23. The third kappa shape index (κ3) is 2.93. The number of rotatable bonds is 3. The summed E-state index contributed by atoms with van der Waals surface area (Å²) in [5.41, 5.74) is 2.66. The van der Waals surface area contributed by atoms with E-state index in [1.165, 1.54) is 11.1 Å². The van der Waals surface area contributed by atoms with E-state index in [9.17, 15) is 4.79 Å². The van der Waals surface area contributed by atoms with Gasteiger partial charge in [-0.3, -0.25) is 4.90 Å². The van der Waals surface area contributed by atoms with E-state index in [0.717, 1.165) is 31.2 Å². The molecule has 0 saturated carbocycles. The number of furan rings is 1. The van der Waals surface area contributed by atoms with E-state index in [2.05, 4.69) is 40.5 Å². The standard InChI is InChI=1S/C20H25N3O2/c1-13-8-9-14(25-13)10-23-11-17-15-6-4-5-7-16(15)19(18(17)12-23)21-20(24)22(2)3/h4-9,17-19H,10-12H2,1-3H3,(H,21,24)/t17-,18-,19-/m0/s1. The van der Waals surface area contributed by atoms with Gasteiger partial charge in [-0.25, -0.2) is 4.79 Å². The Bertz CT molecular complexity index is 783. The van der Waals surface area contributed by atoms with Crippen molar-refractivity contribution in [3.63, 3.8) is 0 Å². The van der Waals surface area contributed by atoms with Gasteiger partial charge in [0, 0.05) is 39.0 Å². The number of likely N-dealkylation sites (tertiary alicyclic amines) is 1. The second kappa shape index (κ2) is 6.23. The number of hydrogen-bond donors (Lipinski definition) is 1. The first-order valence-electron chi connectivity index (χ1n) is 8.87. The number of carbonyl (C=O) groups is 1. The number of nitrogens with zero attached hydrogens (tertiary/aromatic N) is 2. The summed E-state index contributed by atoms with van der Waals surface area (Å²) in [7, 11) is 3.57. The van der Waals surface area contributed by atoms with E-state index in [1.54, 1.807) is 19.0 Å². The van der Waals surface area contributed by atoms with E-state index >= 15 is 0 Å². The van der Waals surface area contributed by atoms with Crippen LogP contribution in [-0.2, 0) is 6.54 Å². The zero-order chi connectivity index (χ0) is 17.6. The molecule has 5 nitrogen and oxygen atoms in total. The number of aryl methyl sites for hydroxylation is 1. The van der Waals surface area contributed by atoms with Crippen molar-refractivity contribution >= 4 is 6.03 Å². The first-order chi connectivity index (χ1) is 12.0. The number of hydrogen-bond acceptors (Lipinski definition) is 3. The van der Waals surface area contributed by atoms with Gasteiger partial charge in [-0.2, -0.15) is 0 Å². The third-order valence-corrected chi connectivity index (χ3v) is 5.46. The molecule has 1 fully saturated rings. The number of urea groups is 1. The molecular formula is C20H25N3O2. The zero-order valence-corrected chi connectivity index (χ0v) is 15.0. The Morgan fingerprint density at radius 2 is 1.96 bits per heavy atom. The van der Waals surface area contributed by atoms with E-state index < -0.39 is 0 Å². The highest BCUT2D eigenvalue weighted by Crippen LogP contribution is 2.49. The summed E-state index contributed by atoms with van der Waals surface area (Å²) in [4.78, 5) is 16.3. The number of fused-ring (bicyclic) bond motifs is 3.